The van der Waals surface area contributed by atoms with Crippen LogP contribution in [0.4, 0.5) is 0 Å². The van der Waals surface area contributed by atoms with Gasteiger partial charge in [-0.2, -0.15) is 5.10 Å². The minimum atomic E-state index is -0.330. The number of carbonyl (C=O) groups is 1. The van der Waals surface area contributed by atoms with Crippen LogP contribution in [-0.2, 0) is 6.54 Å². The van der Waals surface area contributed by atoms with E-state index in [0.29, 0.717) is 6.54 Å². The van der Waals surface area contributed by atoms with Gasteiger partial charge in [0.25, 0.3) is 11.5 Å². The van der Waals surface area contributed by atoms with Crippen molar-refractivity contribution >= 4 is 5.91 Å². The molecule has 6 nitrogen and oxygen atoms in total. The van der Waals surface area contributed by atoms with Gasteiger partial charge in [-0.1, -0.05) is 30.3 Å². The first kappa shape index (κ1) is 15.9. The molecule has 2 rings (SSSR count). The van der Waals surface area contributed by atoms with Gasteiger partial charge in [0.1, 0.15) is 5.69 Å². The smallest absolute Gasteiger partial charge is 0.274 e. The Morgan fingerprint density at radius 2 is 1.95 bits per heavy atom. The van der Waals surface area contributed by atoms with Gasteiger partial charge in [0.2, 0.25) is 0 Å². The molecule has 0 aliphatic rings. The van der Waals surface area contributed by atoms with Crippen molar-refractivity contribution in [1.82, 2.24) is 14.7 Å². The number of hydrogen-bond donors (Lipinski definition) is 1. The molecule has 22 heavy (non-hydrogen) atoms. The third kappa shape index (κ3) is 3.59. The quantitative estimate of drug-likeness (QED) is 0.884. The zero-order chi connectivity index (χ0) is 16.1. The number of amides is 1. The fraction of sp³-hybridized carbons (Fsp3) is 0.312. The van der Waals surface area contributed by atoms with Crippen molar-refractivity contribution < 1.29 is 9.90 Å². The van der Waals surface area contributed by atoms with Crippen molar-refractivity contribution in [2.75, 3.05) is 13.7 Å². The summed E-state index contributed by atoms with van der Waals surface area (Å²) in [4.78, 5) is 25.6. The average molecular weight is 301 g/mol. The van der Waals surface area contributed by atoms with Crippen molar-refractivity contribution in [3.63, 3.8) is 0 Å². The Hall–Kier alpha value is -2.47. The van der Waals surface area contributed by atoms with E-state index in [0.717, 1.165) is 5.56 Å². The zero-order valence-electron chi connectivity index (χ0n) is 12.6. The van der Waals surface area contributed by atoms with E-state index in [2.05, 4.69) is 5.10 Å². The summed E-state index contributed by atoms with van der Waals surface area (Å²) in [7, 11) is 1.59. The zero-order valence-corrected chi connectivity index (χ0v) is 12.6. The van der Waals surface area contributed by atoms with Crippen LogP contribution in [0.25, 0.3) is 0 Å². The first-order valence-corrected chi connectivity index (χ1v) is 7.03. The fourth-order valence-electron chi connectivity index (χ4n) is 1.94. The molecular weight excluding hydrogens is 282 g/mol. The van der Waals surface area contributed by atoms with Gasteiger partial charge in [0, 0.05) is 13.1 Å². The lowest BCUT2D eigenvalue weighted by molar-refractivity contribution is 0.0673. The molecule has 0 radical (unpaired) electrons. The third-order valence-electron chi connectivity index (χ3n) is 3.51. The van der Waals surface area contributed by atoms with Crippen LogP contribution < -0.4 is 5.56 Å². The summed E-state index contributed by atoms with van der Waals surface area (Å²) < 4.78 is 1.26. The van der Waals surface area contributed by atoms with E-state index < -0.39 is 0 Å². The van der Waals surface area contributed by atoms with E-state index in [1.54, 1.807) is 14.0 Å². The summed E-state index contributed by atoms with van der Waals surface area (Å²) in [6, 6.07) is 11.9. The van der Waals surface area contributed by atoms with Crippen molar-refractivity contribution in [2.24, 2.45) is 0 Å². The highest BCUT2D eigenvalue weighted by Crippen LogP contribution is 2.04. The second-order valence-electron chi connectivity index (χ2n) is 5.15. The fourth-order valence-corrected chi connectivity index (χ4v) is 1.94. The van der Waals surface area contributed by atoms with E-state index in [4.69, 9.17) is 5.11 Å². The molecule has 1 N–H and O–H groups in total. The molecule has 0 fully saturated rings. The van der Waals surface area contributed by atoms with Crippen LogP contribution in [0, 0.1) is 0 Å². The number of aliphatic hydroxyl groups excluding tert-OH is 1. The maximum absolute atomic E-state index is 12.3. The van der Waals surface area contributed by atoms with Gasteiger partial charge in [-0.15, -0.1) is 0 Å². The SMILES string of the molecule is CC(CO)N(C)C(=O)c1ccc(=O)n(Cc2ccccc2)n1. The lowest BCUT2D eigenvalue weighted by atomic mass is 10.2. The predicted molar refractivity (Wildman–Crippen MR) is 82.7 cm³/mol. The van der Waals surface area contributed by atoms with E-state index in [9.17, 15) is 9.59 Å². The monoisotopic (exact) mass is 301 g/mol. The van der Waals surface area contributed by atoms with Crippen LogP contribution in [0.15, 0.2) is 47.3 Å². The molecule has 0 saturated carbocycles. The second-order valence-corrected chi connectivity index (χ2v) is 5.15. The number of carbonyl (C=O) groups excluding carboxylic acids is 1. The highest BCUT2D eigenvalue weighted by Gasteiger charge is 2.18. The molecule has 2 aromatic rings. The summed E-state index contributed by atoms with van der Waals surface area (Å²) in [6.45, 7) is 1.91. The highest BCUT2D eigenvalue weighted by molar-refractivity contribution is 5.92. The molecule has 1 atom stereocenters. The maximum Gasteiger partial charge on any atom is 0.274 e. The number of aliphatic hydroxyl groups is 1. The molecule has 0 saturated heterocycles. The number of aromatic nitrogens is 2. The van der Waals surface area contributed by atoms with Crippen molar-refractivity contribution in [1.29, 1.82) is 0 Å². The number of hydrogen-bond acceptors (Lipinski definition) is 4. The molecule has 0 bridgehead atoms. The lowest BCUT2D eigenvalue weighted by Gasteiger charge is -2.22. The number of nitrogens with zero attached hydrogens (tertiary/aromatic N) is 3. The van der Waals surface area contributed by atoms with Gasteiger partial charge < -0.3 is 10.0 Å². The van der Waals surface area contributed by atoms with E-state index in [1.807, 2.05) is 30.3 Å². The molecule has 1 aromatic heterocycles. The van der Waals surface area contributed by atoms with Gasteiger partial charge in [-0.05, 0) is 18.6 Å². The molecule has 0 aliphatic carbocycles. The third-order valence-corrected chi connectivity index (χ3v) is 3.51. The molecule has 1 aromatic carbocycles. The Morgan fingerprint density at radius 1 is 1.27 bits per heavy atom. The first-order valence-electron chi connectivity index (χ1n) is 7.03. The molecular formula is C16H19N3O3. The number of rotatable bonds is 5. The Balaban J connectivity index is 2.27. The number of likely N-dealkylation sites (N-methyl/N-ethyl adjacent to an activating group) is 1. The van der Waals surface area contributed by atoms with Crippen molar-refractivity contribution in [3.8, 4) is 0 Å². The van der Waals surface area contributed by atoms with E-state index in [-0.39, 0.29) is 29.8 Å². The summed E-state index contributed by atoms with van der Waals surface area (Å²) in [6.07, 6.45) is 0. The minimum absolute atomic E-state index is 0.133. The highest BCUT2D eigenvalue weighted by atomic mass is 16.3. The van der Waals surface area contributed by atoms with Crippen LogP contribution in [0.5, 0.6) is 0 Å². The van der Waals surface area contributed by atoms with Gasteiger partial charge in [-0.25, -0.2) is 4.68 Å². The Labute approximate surface area is 128 Å². The Morgan fingerprint density at radius 3 is 2.59 bits per heavy atom. The van der Waals surface area contributed by atoms with Crippen LogP contribution in [0.1, 0.15) is 23.0 Å². The lowest BCUT2D eigenvalue weighted by Crippen LogP contribution is -2.38. The largest absolute Gasteiger partial charge is 0.394 e. The minimum Gasteiger partial charge on any atom is -0.394 e. The molecule has 6 heteroatoms. The van der Waals surface area contributed by atoms with E-state index in [1.165, 1.54) is 21.7 Å². The van der Waals surface area contributed by atoms with Gasteiger partial charge >= 0.3 is 0 Å². The molecule has 1 amide bonds. The molecule has 116 valence electrons. The number of benzene rings is 1. The second kappa shape index (κ2) is 7.00. The summed E-state index contributed by atoms with van der Waals surface area (Å²) in [5, 5.41) is 13.3. The van der Waals surface area contributed by atoms with Crippen molar-refractivity contribution in [3.05, 3.63) is 64.1 Å². The van der Waals surface area contributed by atoms with E-state index >= 15 is 0 Å². The summed E-state index contributed by atoms with van der Waals surface area (Å²) >= 11 is 0. The van der Waals surface area contributed by atoms with Crippen LogP contribution in [0.3, 0.4) is 0 Å². The van der Waals surface area contributed by atoms with Gasteiger partial charge in [-0.3, -0.25) is 9.59 Å². The standard InChI is InChI=1S/C16H19N3O3/c1-12(11-20)18(2)16(22)14-8-9-15(21)19(17-14)10-13-6-4-3-5-7-13/h3-9,12,20H,10-11H2,1-2H3. The van der Waals surface area contributed by atoms with Crippen LogP contribution in [0.2, 0.25) is 0 Å². The first-order chi connectivity index (χ1) is 10.5. The molecule has 0 aliphatic heterocycles. The Kier molecular flexibility index (Phi) is 5.06. The topological polar surface area (TPSA) is 75.4 Å². The molecule has 1 unspecified atom stereocenters. The van der Waals surface area contributed by atoms with Gasteiger partial charge in [0.05, 0.1) is 19.2 Å². The predicted octanol–water partition coefficient (Wildman–Crippen LogP) is 0.744. The van der Waals surface area contributed by atoms with Crippen LogP contribution >= 0.6 is 0 Å². The maximum atomic E-state index is 12.3. The summed E-state index contributed by atoms with van der Waals surface area (Å²) in [5.74, 6) is -0.330. The van der Waals surface area contributed by atoms with Crippen molar-refractivity contribution in [2.45, 2.75) is 19.5 Å². The molecule has 1 heterocycles. The summed E-state index contributed by atoms with van der Waals surface area (Å²) in [5.41, 5.74) is 0.843. The van der Waals surface area contributed by atoms with Gasteiger partial charge in [0.15, 0.2) is 0 Å². The molecule has 0 spiro atoms. The average Bonchev–Trinajstić information content (AvgIpc) is 2.55. The Bertz CT molecular complexity index is 697. The normalized spacial score (nSPS) is 12.0. The van der Waals surface area contributed by atoms with Crippen LogP contribution in [-0.4, -0.2) is 45.4 Å².